The zero-order valence-electron chi connectivity index (χ0n) is 27.6. The Kier molecular flexibility index (Phi) is 9.35. The van der Waals surface area contributed by atoms with Crippen LogP contribution in [0.4, 0.5) is 0 Å². The second-order valence-electron chi connectivity index (χ2n) is 12.4. The maximum absolute atomic E-state index is 2.61. The summed E-state index contributed by atoms with van der Waals surface area (Å²) in [5.41, 5.74) is 15.7. The van der Waals surface area contributed by atoms with E-state index in [-0.39, 0.29) is 5.41 Å². The average molecular weight is 655 g/mol. The number of aryl methyl sites for hydroxylation is 2. The Bertz CT molecular complexity index is 1810. The van der Waals surface area contributed by atoms with Crippen molar-refractivity contribution in [1.29, 1.82) is 0 Å². The van der Waals surface area contributed by atoms with Crippen molar-refractivity contribution in [3.8, 4) is 0 Å². The van der Waals surface area contributed by atoms with E-state index in [0.717, 1.165) is 44.9 Å². The van der Waals surface area contributed by atoms with Gasteiger partial charge in [0, 0.05) is 0 Å². The monoisotopic (exact) mass is 653 g/mol. The predicted octanol–water partition coefficient (Wildman–Crippen LogP) is 9.55. The minimum atomic E-state index is -1.32. The topological polar surface area (TPSA) is 0 Å². The summed E-state index contributed by atoms with van der Waals surface area (Å²) >= 11 is -1.32. The molecule has 0 spiro atoms. The van der Waals surface area contributed by atoms with Gasteiger partial charge in [0.05, 0.1) is 0 Å². The van der Waals surface area contributed by atoms with Gasteiger partial charge in [-0.3, -0.25) is 0 Å². The molecule has 0 saturated heterocycles. The van der Waals surface area contributed by atoms with Crippen LogP contribution in [0.25, 0.3) is 8.85 Å². The molecule has 3 aliphatic carbocycles. The molecule has 0 atom stereocenters. The first-order chi connectivity index (χ1) is 21.6. The van der Waals surface area contributed by atoms with E-state index in [4.69, 9.17) is 0 Å². The molecule has 44 heavy (non-hydrogen) atoms. The van der Waals surface area contributed by atoms with Crippen molar-refractivity contribution in [3.05, 3.63) is 152 Å². The van der Waals surface area contributed by atoms with Crippen LogP contribution in [0.1, 0.15) is 95.9 Å². The molecule has 6 rings (SSSR count). The normalized spacial score (nSPS) is 16.7. The van der Waals surface area contributed by atoms with Crippen molar-refractivity contribution in [3.63, 3.8) is 0 Å². The van der Waals surface area contributed by atoms with Gasteiger partial charge in [-0.25, -0.2) is 0 Å². The van der Waals surface area contributed by atoms with Crippen molar-refractivity contribution in [2.24, 2.45) is 5.41 Å². The molecule has 0 aliphatic heterocycles. The van der Waals surface area contributed by atoms with Crippen molar-refractivity contribution in [2.75, 3.05) is 0 Å². The molecule has 0 bridgehead atoms. The number of benzene rings is 3. The van der Waals surface area contributed by atoms with E-state index in [1.807, 2.05) is 0 Å². The molecule has 3 aliphatic rings. The van der Waals surface area contributed by atoms with Gasteiger partial charge in [0.15, 0.2) is 0 Å². The molecule has 223 valence electrons. The van der Waals surface area contributed by atoms with Crippen LogP contribution in [0.5, 0.6) is 0 Å². The molecular formula is C43H47Zr. The van der Waals surface area contributed by atoms with Gasteiger partial charge in [-0.15, -0.1) is 0 Å². The second kappa shape index (κ2) is 13.2. The number of hydrogen-bond donors (Lipinski definition) is 0. The second-order valence-corrected chi connectivity index (χ2v) is 15.5. The first-order valence-electron chi connectivity index (χ1n) is 17.1. The van der Waals surface area contributed by atoms with Gasteiger partial charge in [0.1, 0.15) is 0 Å². The number of hydrogen-bond acceptors (Lipinski definition) is 0. The maximum atomic E-state index is 2.61. The summed E-state index contributed by atoms with van der Waals surface area (Å²) in [5, 5.41) is 3.14. The predicted molar refractivity (Wildman–Crippen MR) is 187 cm³/mol. The van der Waals surface area contributed by atoms with Gasteiger partial charge in [-0.1, -0.05) is 0 Å². The van der Waals surface area contributed by atoms with Crippen LogP contribution in [0.2, 0.25) is 0 Å². The third kappa shape index (κ3) is 5.05. The summed E-state index contributed by atoms with van der Waals surface area (Å²) in [4.78, 5) is 0. The number of fused-ring (bicyclic) bond motifs is 2. The Labute approximate surface area is 276 Å². The molecule has 0 N–H and O–H groups in total. The van der Waals surface area contributed by atoms with Gasteiger partial charge in [-0.2, -0.15) is 0 Å². The fourth-order valence-electron chi connectivity index (χ4n) is 8.36. The minimum absolute atomic E-state index is 0.0864. The summed E-state index contributed by atoms with van der Waals surface area (Å²) < 4.78 is 3.30. The molecule has 0 amide bonds. The van der Waals surface area contributed by atoms with Crippen LogP contribution >= 0.6 is 0 Å². The van der Waals surface area contributed by atoms with E-state index in [1.54, 1.807) is 55.9 Å². The molecule has 0 radical (unpaired) electrons. The first-order valence-corrected chi connectivity index (χ1v) is 19.5. The van der Waals surface area contributed by atoms with Crippen LogP contribution in [-0.2, 0) is 35.6 Å². The average Bonchev–Trinajstić information content (AvgIpc) is 3.73. The Morgan fingerprint density at radius 2 is 1.39 bits per heavy atom. The van der Waals surface area contributed by atoms with Crippen molar-refractivity contribution in [1.82, 2.24) is 0 Å². The fraction of sp³-hybridized carbons (Fsp3) is 0.326. The van der Waals surface area contributed by atoms with Gasteiger partial charge < -0.3 is 0 Å². The van der Waals surface area contributed by atoms with Crippen LogP contribution in [0.3, 0.4) is 0 Å². The fourth-order valence-corrected chi connectivity index (χ4v) is 12.2. The van der Waals surface area contributed by atoms with E-state index in [1.165, 1.54) is 16.7 Å². The van der Waals surface area contributed by atoms with Crippen molar-refractivity contribution < 1.29 is 22.8 Å². The molecule has 0 fully saturated rings. The Balaban J connectivity index is 1.87. The van der Waals surface area contributed by atoms with Gasteiger partial charge in [0.2, 0.25) is 0 Å². The molecule has 3 aromatic carbocycles. The molecule has 3 aromatic rings. The standard InChI is InChI=1S/C30H37.C13H10.Zr/c1-7-20-17-21(8-2)27-23(18-20)19-25-28(27)24(9-3)26(10-4)30(11-5,12-6)29(25)22-15-13-14-16-22;1-3-7-12(8-4-1)11-13-9-5-2-6-10-13;/h13-15,17-18H,7-12,16H2,1-6H3;1-10H;. The van der Waals surface area contributed by atoms with Gasteiger partial charge in [-0.05, 0) is 0 Å². The van der Waals surface area contributed by atoms with Crippen molar-refractivity contribution in [2.45, 2.75) is 86.5 Å². The summed E-state index contributed by atoms with van der Waals surface area (Å²) in [6.45, 7) is 14.5. The first kappa shape index (κ1) is 31.1. The van der Waals surface area contributed by atoms with E-state index < -0.39 is 22.8 Å². The molecule has 0 nitrogen and oxygen atoms in total. The Hall–Kier alpha value is -2.89. The zero-order chi connectivity index (χ0) is 30.8. The van der Waals surface area contributed by atoms with E-state index in [0.29, 0.717) is 0 Å². The summed E-state index contributed by atoms with van der Waals surface area (Å²) in [6, 6.07) is 27.7. The van der Waals surface area contributed by atoms with Crippen molar-refractivity contribution >= 4 is 12.1 Å². The van der Waals surface area contributed by atoms with E-state index >= 15 is 0 Å². The van der Waals surface area contributed by atoms with Gasteiger partial charge in [0.25, 0.3) is 0 Å². The Morgan fingerprint density at radius 3 is 1.89 bits per heavy atom. The van der Waals surface area contributed by atoms with Crippen LogP contribution in [0.15, 0.2) is 119 Å². The van der Waals surface area contributed by atoms with Crippen LogP contribution in [0, 0.1) is 5.41 Å². The quantitative estimate of drug-likeness (QED) is 0.204. The molecule has 0 aromatic heterocycles. The molecule has 0 unspecified atom stereocenters. The van der Waals surface area contributed by atoms with Gasteiger partial charge >= 0.3 is 278 Å². The molecular weight excluding hydrogens is 608 g/mol. The Morgan fingerprint density at radius 1 is 0.727 bits per heavy atom. The number of allylic oxidation sites excluding steroid dienone is 8. The van der Waals surface area contributed by atoms with E-state index in [9.17, 15) is 0 Å². The van der Waals surface area contributed by atoms with Crippen LogP contribution < -0.4 is 10.4 Å². The zero-order valence-corrected chi connectivity index (χ0v) is 30.1. The van der Waals surface area contributed by atoms with Crippen LogP contribution in [-0.4, -0.2) is 3.21 Å². The molecule has 0 heterocycles. The summed E-state index contributed by atoms with van der Waals surface area (Å²) in [5.74, 6) is 0. The molecule has 1 heteroatoms. The summed E-state index contributed by atoms with van der Waals surface area (Å²) in [7, 11) is 0. The summed E-state index contributed by atoms with van der Waals surface area (Å²) in [6.07, 6.45) is 14.9. The number of rotatable bonds is 10. The third-order valence-corrected chi connectivity index (χ3v) is 14.4. The molecule has 0 saturated carbocycles. The SMILES string of the molecule is CCC1=C(CC)C(CC)(CC)C(C2=CC=CC2)=C2[C]([Zr]=[C](c3ccccc3)c3ccccc3)=c3cc(CC)cc(CC)c3=C12. The van der Waals surface area contributed by atoms with E-state index in [2.05, 4.69) is 133 Å². The third-order valence-electron chi connectivity index (χ3n) is 10.4.